The quantitative estimate of drug-likeness (QED) is 0.784. The van der Waals surface area contributed by atoms with Crippen molar-refractivity contribution in [3.63, 3.8) is 0 Å². The molecule has 2 aliphatic rings. The SMILES string of the molecule is CC(C(N)=O)N1CCC2(CC1)CC(C)N(C(=O)CC(C)(C)CC(F)(F)F)C2. The zero-order valence-electron chi connectivity index (χ0n) is 16.7. The first-order chi connectivity index (χ1) is 12.2. The first kappa shape index (κ1) is 22.0. The number of carbonyl (C=O) groups excluding carboxylic acids is 2. The van der Waals surface area contributed by atoms with E-state index in [1.54, 1.807) is 11.8 Å². The number of likely N-dealkylation sites (tertiary alicyclic amines) is 2. The Hall–Kier alpha value is -1.31. The fraction of sp³-hybridized carbons (Fsp3) is 0.895. The summed E-state index contributed by atoms with van der Waals surface area (Å²) in [4.78, 5) is 28.0. The summed E-state index contributed by atoms with van der Waals surface area (Å²) in [5, 5.41) is 0. The Kier molecular flexibility index (Phi) is 6.19. The smallest absolute Gasteiger partial charge is 0.368 e. The van der Waals surface area contributed by atoms with Crippen LogP contribution in [0, 0.1) is 10.8 Å². The van der Waals surface area contributed by atoms with E-state index >= 15 is 0 Å². The van der Waals surface area contributed by atoms with Crippen LogP contribution in [-0.2, 0) is 9.59 Å². The maximum absolute atomic E-state index is 12.7. The van der Waals surface area contributed by atoms with Crippen LogP contribution in [0.3, 0.4) is 0 Å². The Balaban J connectivity index is 1.96. The van der Waals surface area contributed by atoms with Crippen LogP contribution in [0.5, 0.6) is 0 Å². The van der Waals surface area contributed by atoms with E-state index in [0.29, 0.717) is 6.54 Å². The van der Waals surface area contributed by atoms with Crippen molar-refractivity contribution in [2.75, 3.05) is 19.6 Å². The van der Waals surface area contributed by atoms with E-state index in [0.717, 1.165) is 32.4 Å². The first-order valence-corrected chi connectivity index (χ1v) is 9.63. The number of halogens is 3. The highest BCUT2D eigenvalue weighted by atomic mass is 19.4. The number of primary amides is 1. The molecule has 2 aliphatic heterocycles. The monoisotopic (exact) mass is 391 g/mol. The lowest BCUT2D eigenvalue weighted by Gasteiger charge is -2.41. The van der Waals surface area contributed by atoms with Gasteiger partial charge in [0.05, 0.1) is 6.04 Å². The summed E-state index contributed by atoms with van der Waals surface area (Å²) in [7, 11) is 0. The third kappa shape index (κ3) is 5.59. The van der Waals surface area contributed by atoms with Crippen LogP contribution in [-0.4, -0.2) is 59.5 Å². The van der Waals surface area contributed by atoms with E-state index in [1.165, 1.54) is 13.8 Å². The van der Waals surface area contributed by atoms with Gasteiger partial charge in [0.2, 0.25) is 11.8 Å². The van der Waals surface area contributed by atoms with Crippen LogP contribution in [0.1, 0.15) is 59.8 Å². The minimum atomic E-state index is -4.27. The molecule has 2 unspecified atom stereocenters. The number of rotatable bonds is 5. The van der Waals surface area contributed by atoms with Gasteiger partial charge in [-0.3, -0.25) is 14.5 Å². The molecular weight excluding hydrogens is 359 g/mol. The Morgan fingerprint density at radius 2 is 1.78 bits per heavy atom. The highest BCUT2D eigenvalue weighted by Gasteiger charge is 2.47. The third-order valence-electron chi connectivity index (χ3n) is 6.21. The number of alkyl halides is 3. The molecule has 1 spiro atoms. The molecule has 0 aromatic carbocycles. The van der Waals surface area contributed by atoms with E-state index in [1.807, 2.05) is 6.92 Å². The van der Waals surface area contributed by atoms with Crippen molar-refractivity contribution < 1.29 is 22.8 Å². The third-order valence-corrected chi connectivity index (χ3v) is 6.21. The average Bonchev–Trinajstić information content (AvgIpc) is 2.80. The standard InChI is InChI=1S/C19H32F3N3O2/c1-13-9-18(5-7-24(8-6-18)14(2)16(23)27)12-25(13)15(26)10-17(3,4)11-19(20,21)22/h13-14H,5-12H2,1-4H3,(H2,23,27). The minimum Gasteiger partial charge on any atom is -0.368 e. The molecule has 5 nitrogen and oxygen atoms in total. The average molecular weight is 391 g/mol. The van der Waals surface area contributed by atoms with Gasteiger partial charge < -0.3 is 10.6 Å². The molecule has 8 heteroatoms. The van der Waals surface area contributed by atoms with Crippen LogP contribution in [0.2, 0.25) is 0 Å². The van der Waals surface area contributed by atoms with Crippen molar-refractivity contribution in [3.8, 4) is 0 Å². The van der Waals surface area contributed by atoms with Gasteiger partial charge in [0.1, 0.15) is 0 Å². The van der Waals surface area contributed by atoms with E-state index in [9.17, 15) is 22.8 Å². The highest BCUT2D eigenvalue weighted by Crippen LogP contribution is 2.45. The summed E-state index contributed by atoms with van der Waals surface area (Å²) in [5.74, 6) is -0.531. The van der Waals surface area contributed by atoms with Crippen LogP contribution in [0.4, 0.5) is 13.2 Å². The molecule has 0 aromatic heterocycles. The fourth-order valence-electron chi connectivity index (χ4n) is 4.70. The van der Waals surface area contributed by atoms with E-state index in [2.05, 4.69) is 4.90 Å². The number of nitrogens with zero attached hydrogens (tertiary/aromatic N) is 2. The molecule has 0 bridgehead atoms. The number of nitrogens with two attached hydrogens (primary N) is 1. The fourth-order valence-corrected chi connectivity index (χ4v) is 4.70. The number of hydrogen-bond donors (Lipinski definition) is 1. The predicted molar refractivity (Wildman–Crippen MR) is 96.8 cm³/mol. The van der Waals surface area contributed by atoms with Gasteiger partial charge >= 0.3 is 6.18 Å². The van der Waals surface area contributed by atoms with Gasteiger partial charge in [-0.2, -0.15) is 13.2 Å². The molecule has 2 fully saturated rings. The number of amides is 2. The summed E-state index contributed by atoms with van der Waals surface area (Å²) >= 11 is 0. The van der Waals surface area contributed by atoms with E-state index in [-0.39, 0.29) is 35.7 Å². The molecule has 156 valence electrons. The Morgan fingerprint density at radius 1 is 1.22 bits per heavy atom. The maximum atomic E-state index is 12.7. The van der Waals surface area contributed by atoms with Gasteiger partial charge in [0.15, 0.2) is 0 Å². The molecule has 2 rings (SSSR count). The molecule has 0 aromatic rings. The number of carbonyl (C=O) groups is 2. The molecular formula is C19H32F3N3O2. The molecule has 27 heavy (non-hydrogen) atoms. The maximum Gasteiger partial charge on any atom is 0.389 e. The van der Waals surface area contributed by atoms with Crippen molar-refractivity contribution in [2.45, 2.75) is 78.1 Å². The second-order valence-electron chi connectivity index (χ2n) is 9.32. The van der Waals surface area contributed by atoms with Crippen molar-refractivity contribution in [1.29, 1.82) is 0 Å². The van der Waals surface area contributed by atoms with E-state index in [4.69, 9.17) is 5.73 Å². The van der Waals surface area contributed by atoms with Crippen LogP contribution in [0.15, 0.2) is 0 Å². The predicted octanol–water partition coefficient (Wildman–Crippen LogP) is 2.93. The van der Waals surface area contributed by atoms with Crippen LogP contribution < -0.4 is 5.73 Å². The van der Waals surface area contributed by atoms with Gasteiger partial charge in [-0.1, -0.05) is 13.8 Å². The molecule has 2 saturated heterocycles. The highest BCUT2D eigenvalue weighted by molar-refractivity contribution is 5.79. The summed E-state index contributed by atoms with van der Waals surface area (Å²) in [6, 6.07) is -0.277. The Morgan fingerprint density at radius 3 is 2.26 bits per heavy atom. The largest absolute Gasteiger partial charge is 0.389 e. The number of piperidine rings is 1. The summed E-state index contributed by atoms with van der Waals surface area (Å²) in [6.07, 6.45) is -2.74. The Labute approximate surface area is 159 Å². The number of hydrogen-bond acceptors (Lipinski definition) is 3. The normalized spacial score (nSPS) is 25.0. The summed E-state index contributed by atoms with van der Waals surface area (Å²) in [5.41, 5.74) is 4.28. The van der Waals surface area contributed by atoms with Crippen LogP contribution in [0.25, 0.3) is 0 Å². The van der Waals surface area contributed by atoms with Gasteiger partial charge in [-0.15, -0.1) is 0 Å². The van der Waals surface area contributed by atoms with Crippen molar-refractivity contribution in [1.82, 2.24) is 9.80 Å². The van der Waals surface area contributed by atoms with Crippen molar-refractivity contribution in [3.05, 3.63) is 0 Å². The molecule has 0 radical (unpaired) electrons. The molecule has 2 amide bonds. The van der Waals surface area contributed by atoms with Gasteiger partial charge in [-0.25, -0.2) is 0 Å². The summed E-state index contributed by atoms with van der Waals surface area (Å²) in [6.45, 7) is 8.86. The van der Waals surface area contributed by atoms with Gasteiger partial charge in [-0.05, 0) is 57.0 Å². The minimum absolute atomic E-state index is 0.00286. The zero-order valence-corrected chi connectivity index (χ0v) is 16.7. The van der Waals surface area contributed by atoms with Crippen molar-refractivity contribution >= 4 is 11.8 Å². The topological polar surface area (TPSA) is 66.6 Å². The van der Waals surface area contributed by atoms with Crippen molar-refractivity contribution in [2.24, 2.45) is 16.6 Å². The molecule has 0 aliphatic carbocycles. The second kappa shape index (κ2) is 7.60. The zero-order chi connectivity index (χ0) is 20.6. The lowest BCUT2D eigenvalue weighted by molar-refractivity contribution is -0.159. The second-order valence-corrected chi connectivity index (χ2v) is 9.32. The molecule has 2 atom stereocenters. The van der Waals surface area contributed by atoms with Crippen LogP contribution >= 0.6 is 0 Å². The molecule has 2 heterocycles. The lowest BCUT2D eigenvalue weighted by Crippen LogP contribution is -2.49. The Bertz CT molecular complexity index is 569. The molecule has 0 saturated carbocycles. The molecule has 2 N–H and O–H groups in total. The first-order valence-electron chi connectivity index (χ1n) is 9.63. The summed E-state index contributed by atoms with van der Waals surface area (Å²) < 4.78 is 38.2. The van der Waals surface area contributed by atoms with Gasteiger partial charge in [0.25, 0.3) is 0 Å². The van der Waals surface area contributed by atoms with E-state index < -0.39 is 18.0 Å². The lowest BCUT2D eigenvalue weighted by atomic mass is 9.76. The van der Waals surface area contributed by atoms with Gasteiger partial charge in [0, 0.05) is 25.4 Å².